The number of amides is 1. The van der Waals surface area contributed by atoms with Gasteiger partial charge in [0, 0.05) is 29.1 Å². The second kappa shape index (κ2) is 6.25. The van der Waals surface area contributed by atoms with Crippen molar-refractivity contribution in [2.45, 2.75) is 51.1 Å². The van der Waals surface area contributed by atoms with E-state index in [1.54, 1.807) is 10.9 Å². The van der Waals surface area contributed by atoms with Crippen LogP contribution in [0.15, 0.2) is 6.33 Å². The zero-order chi connectivity index (χ0) is 18.6. The number of carbonyl (C=O) groups excluding carboxylic acids is 1. The van der Waals surface area contributed by atoms with Crippen LogP contribution < -0.4 is 11.1 Å². The molecule has 10 nitrogen and oxygen atoms in total. The molecule has 1 amide bonds. The highest BCUT2D eigenvalue weighted by atomic mass is 127. The van der Waals surface area contributed by atoms with Crippen LogP contribution in [0.5, 0.6) is 0 Å². The van der Waals surface area contributed by atoms with Gasteiger partial charge in [0.15, 0.2) is 33.4 Å². The smallest absolute Gasteiger partial charge is 0.252 e. The van der Waals surface area contributed by atoms with E-state index in [9.17, 15) is 4.79 Å². The number of nitrogens with zero attached hydrogens (tertiary/aromatic N) is 4. The highest BCUT2D eigenvalue weighted by Crippen LogP contribution is 2.43. The Morgan fingerprint density at radius 3 is 2.85 bits per heavy atom. The molecule has 2 aromatic rings. The Kier molecular flexibility index (Phi) is 4.28. The molecule has 2 aromatic heterocycles. The second-order valence-electron chi connectivity index (χ2n) is 6.61. The van der Waals surface area contributed by atoms with Gasteiger partial charge in [0.05, 0.1) is 6.33 Å². The predicted molar refractivity (Wildman–Crippen MR) is 98.9 cm³/mol. The van der Waals surface area contributed by atoms with Gasteiger partial charge in [-0.2, -0.15) is 0 Å². The van der Waals surface area contributed by atoms with Crippen LogP contribution in [0.3, 0.4) is 0 Å². The minimum absolute atomic E-state index is 0.237. The van der Waals surface area contributed by atoms with Crippen LogP contribution in [0, 0.1) is 3.83 Å². The summed E-state index contributed by atoms with van der Waals surface area (Å²) in [6.07, 6.45) is -0.851. The maximum absolute atomic E-state index is 12.4. The quantitative estimate of drug-likeness (QED) is 0.489. The number of ether oxygens (including phenoxy) is 3. The number of likely N-dealkylation sites (N-methyl/N-ethyl adjacent to an activating group) is 1. The van der Waals surface area contributed by atoms with Crippen LogP contribution in [0.4, 0.5) is 5.82 Å². The molecule has 0 radical (unpaired) electrons. The Balaban J connectivity index is 1.76. The lowest BCUT2D eigenvalue weighted by atomic mass is 10.1. The van der Waals surface area contributed by atoms with Crippen molar-refractivity contribution in [3.05, 3.63) is 10.2 Å². The molecule has 2 aliphatic rings. The number of rotatable bonds is 3. The fourth-order valence-electron chi connectivity index (χ4n) is 3.38. The molecular weight excluding hydrogens is 455 g/mol. The van der Waals surface area contributed by atoms with E-state index in [0.717, 1.165) is 0 Å². The van der Waals surface area contributed by atoms with Gasteiger partial charge < -0.3 is 25.3 Å². The van der Waals surface area contributed by atoms with Crippen molar-refractivity contribution < 1.29 is 19.0 Å². The lowest BCUT2D eigenvalue weighted by Gasteiger charge is -2.24. The highest BCUT2D eigenvalue weighted by Gasteiger charge is 2.58. The first-order valence-corrected chi connectivity index (χ1v) is 9.33. The molecular formula is C15H19IN6O4. The Hall–Kier alpha value is -1.57. The number of nitrogen functional groups attached to an aromatic ring is 1. The number of carbonyl (C=O) groups is 1. The maximum atomic E-state index is 12.4. The summed E-state index contributed by atoms with van der Waals surface area (Å²) in [7, 11) is 0. The molecule has 11 heteroatoms. The second-order valence-corrected chi connectivity index (χ2v) is 7.57. The van der Waals surface area contributed by atoms with Gasteiger partial charge in [0.25, 0.3) is 5.91 Å². The molecule has 3 N–H and O–H groups in total. The van der Waals surface area contributed by atoms with E-state index in [-0.39, 0.29) is 11.7 Å². The third-order valence-electron chi connectivity index (χ3n) is 4.33. The number of aromatic nitrogens is 4. The van der Waals surface area contributed by atoms with Crippen molar-refractivity contribution >= 4 is 45.5 Å². The normalized spacial score (nSPS) is 29.8. The van der Waals surface area contributed by atoms with Gasteiger partial charge in [-0.15, -0.1) is 0 Å². The van der Waals surface area contributed by atoms with Crippen molar-refractivity contribution in [2.75, 3.05) is 12.3 Å². The van der Waals surface area contributed by atoms with Gasteiger partial charge in [0.1, 0.15) is 17.7 Å². The number of nitrogens with two attached hydrogens (primary N) is 1. The molecule has 0 aliphatic carbocycles. The van der Waals surface area contributed by atoms with Crippen LogP contribution in [0.2, 0.25) is 0 Å². The molecule has 26 heavy (non-hydrogen) atoms. The molecule has 2 fully saturated rings. The number of fused-ring (bicyclic) bond motifs is 2. The fraction of sp³-hybridized carbons (Fsp3) is 0.600. The third kappa shape index (κ3) is 2.82. The van der Waals surface area contributed by atoms with Crippen LogP contribution in [0.1, 0.15) is 27.0 Å². The van der Waals surface area contributed by atoms with Crippen LogP contribution in [-0.4, -0.2) is 56.1 Å². The first-order valence-electron chi connectivity index (χ1n) is 8.25. The Bertz CT molecular complexity index is 871. The first-order chi connectivity index (χ1) is 12.3. The van der Waals surface area contributed by atoms with Crippen LogP contribution in [-0.2, 0) is 19.0 Å². The molecule has 0 aromatic carbocycles. The third-order valence-corrected chi connectivity index (χ3v) is 4.82. The van der Waals surface area contributed by atoms with Crippen LogP contribution >= 0.6 is 22.6 Å². The number of halogens is 1. The Labute approximate surface area is 162 Å². The van der Waals surface area contributed by atoms with Crippen molar-refractivity contribution in [1.29, 1.82) is 0 Å². The summed E-state index contributed by atoms with van der Waals surface area (Å²) in [4.78, 5) is 25.3. The number of anilines is 1. The van der Waals surface area contributed by atoms with E-state index in [1.807, 2.05) is 43.4 Å². The van der Waals surface area contributed by atoms with Gasteiger partial charge in [-0.25, -0.2) is 15.0 Å². The summed E-state index contributed by atoms with van der Waals surface area (Å²) in [5.74, 6) is -0.766. The summed E-state index contributed by atoms with van der Waals surface area (Å²) in [5, 5.41) is 2.78. The molecule has 0 spiro atoms. The zero-order valence-corrected chi connectivity index (χ0v) is 16.6. The SMILES string of the molecule is CCNC(=O)[C@H]1O[C@@H](n2cnc3c(N)nc(I)nc32)C2OC(C)(C)OC21. The number of nitrogens with one attached hydrogen (secondary N) is 1. The van der Waals surface area contributed by atoms with Gasteiger partial charge in [-0.3, -0.25) is 9.36 Å². The van der Waals surface area contributed by atoms with E-state index in [4.69, 9.17) is 19.9 Å². The molecule has 0 saturated carbocycles. The summed E-state index contributed by atoms with van der Waals surface area (Å²) in [5.41, 5.74) is 6.94. The minimum Gasteiger partial charge on any atom is -0.382 e. The molecule has 0 bridgehead atoms. The van der Waals surface area contributed by atoms with Crippen molar-refractivity contribution in [1.82, 2.24) is 24.8 Å². The molecule has 4 heterocycles. The van der Waals surface area contributed by atoms with Gasteiger partial charge in [0.2, 0.25) is 0 Å². The monoisotopic (exact) mass is 474 g/mol. The Morgan fingerprint density at radius 2 is 2.12 bits per heavy atom. The molecule has 140 valence electrons. The number of imidazole rings is 1. The summed E-state index contributed by atoms with van der Waals surface area (Å²) in [6, 6.07) is 0. The highest BCUT2D eigenvalue weighted by molar-refractivity contribution is 14.1. The molecule has 2 unspecified atom stereocenters. The van der Waals surface area contributed by atoms with Crippen LogP contribution in [0.25, 0.3) is 11.2 Å². The summed E-state index contributed by atoms with van der Waals surface area (Å²) < 4.78 is 20.2. The summed E-state index contributed by atoms with van der Waals surface area (Å²) >= 11 is 1.99. The lowest BCUT2D eigenvalue weighted by Crippen LogP contribution is -2.42. The molecule has 4 atom stereocenters. The van der Waals surface area contributed by atoms with Crippen molar-refractivity contribution in [2.24, 2.45) is 0 Å². The van der Waals surface area contributed by atoms with Gasteiger partial charge in [-0.1, -0.05) is 0 Å². The Morgan fingerprint density at radius 1 is 1.38 bits per heavy atom. The largest absolute Gasteiger partial charge is 0.382 e. The molecule has 2 aliphatic heterocycles. The topological polar surface area (TPSA) is 126 Å². The number of hydrogen-bond acceptors (Lipinski definition) is 8. The molecule has 2 saturated heterocycles. The van der Waals surface area contributed by atoms with Gasteiger partial charge in [-0.05, 0) is 20.8 Å². The fourth-order valence-corrected chi connectivity index (χ4v) is 3.87. The van der Waals surface area contributed by atoms with Crippen molar-refractivity contribution in [3.63, 3.8) is 0 Å². The number of hydrogen-bond donors (Lipinski definition) is 2. The van der Waals surface area contributed by atoms with Crippen molar-refractivity contribution in [3.8, 4) is 0 Å². The van der Waals surface area contributed by atoms with E-state index in [0.29, 0.717) is 21.5 Å². The van der Waals surface area contributed by atoms with E-state index in [2.05, 4.69) is 20.3 Å². The van der Waals surface area contributed by atoms with E-state index >= 15 is 0 Å². The predicted octanol–water partition coefficient (Wildman–Crippen LogP) is 0.567. The first kappa shape index (κ1) is 17.8. The standard InChI is InChI=1S/C15H19IN6O4/c1-4-18-12(23)8-7-9(26-15(2,3)25-7)13(24-8)22-5-19-6-10(17)20-14(16)21-11(6)22/h5,7-9,13H,4H2,1-3H3,(H,18,23)(H2,17,20,21)/t7?,8-,9?,13+/m0/s1. The summed E-state index contributed by atoms with van der Waals surface area (Å²) in [6.45, 7) is 5.97. The average Bonchev–Trinajstić information content (AvgIpc) is 3.18. The zero-order valence-electron chi connectivity index (χ0n) is 14.5. The maximum Gasteiger partial charge on any atom is 0.252 e. The average molecular weight is 474 g/mol. The van der Waals surface area contributed by atoms with E-state index < -0.39 is 30.3 Å². The minimum atomic E-state index is -0.819. The van der Waals surface area contributed by atoms with Gasteiger partial charge >= 0.3 is 0 Å². The molecule has 4 rings (SSSR count). The van der Waals surface area contributed by atoms with E-state index in [1.165, 1.54) is 0 Å². The lowest BCUT2D eigenvalue weighted by molar-refractivity contribution is -0.197.